The number of rotatable bonds is 4. The largest absolute Gasteiger partial charge is 0.320 e. The number of hydroxylamine groups is 2. The van der Waals surface area contributed by atoms with Gasteiger partial charge in [0.1, 0.15) is 0 Å². The molecular formula is C10H20N2O2. The summed E-state index contributed by atoms with van der Waals surface area (Å²) < 4.78 is 0. The lowest BCUT2D eigenvalue weighted by atomic mass is 10.1. The van der Waals surface area contributed by atoms with Gasteiger partial charge in [-0.2, -0.15) is 0 Å². The molecule has 1 aliphatic rings. The van der Waals surface area contributed by atoms with E-state index in [9.17, 15) is 4.79 Å². The third-order valence-corrected chi connectivity index (χ3v) is 2.43. The van der Waals surface area contributed by atoms with Gasteiger partial charge in [-0.3, -0.25) is 9.63 Å². The minimum atomic E-state index is -0.381. The number of nitrogens with two attached hydrogens (primary N) is 1. The molecule has 1 fully saturated rings. The second kappa shape index (κ2) is 5.98. The smallest absolute Gasteiger partial charge is 0.263 e. The first-order valence-corrected chi connectivity index (χ1v) is 5.45. The van der Waals surface area contributed by atoms with E-state index in [1.54, 1.807) is 0 Å². The average molecular weight is 200 g/mol. The van der Waals surface area contributed by atoms with Crippen LogP contribution in [0.4, 0.5) is 0 Å². The minimum Gasteiger partial charge on any atom is -0.320 e. The Kier molecular flexibility index (Phi) is 4.90. The molecule has 0 spiro atoms. The van der Waals surface area contributed by atoms with Crippen LogP contribution in [0.2, 0.25) is 0 Å². The van der Waals surface area contributed by atoms with Crippen molar-refractivity contribution in [2.75, 3.05) is 13.2 Å². The fourth-order valence-electron chi connectivity index (χ4n) is 1.50. The molecule has 1 saturated heterocycles. The molecule has 0 aromatic heterocycles. The molecule has 0 bridgehead atoms. The molecule has 4 nitrogen and oxygen atoms in total. The first kappa shape index (κ1) is 11.5. The van der Waals surface area contributed by atoms with Crippen molar-refractivity contribution in [3.8, 4) is 0 Å². The second-order valence-electron chi connectivity index (χ2n) is 3.73. The molecule has 0 aromatic rings. The van der Waals surface area contributed by atoms with Crippen molar-refractivity contribution in [3.63, 3.8) is 0 Å². The summed E-state index contributed by atoms with van der Waals surface area (Å²) in [6.07, 6.45) is 4.89. The quantitative estimate of drug-likeness (QED) is 0.738. The molecule has 1 unspecified atom stereocenters. The van der Waals surface area contributed by atoms with Crippen molar-refractivity contribution in [1.82, 2.24) is 5.06 Å². The molecule has 4 heteroatoms. The number of hydrogen-bond acceptors (Lipinski definition) is 3. The van der Waals surface area contributed by atoms with E-state index in [2.05, 4.69) is 6.92 Å². The van der Waals surface area contributed by atoms with Gasteiger partial charge in [-0.15, -0.1) is 0 Å². The molecule has 82 valence electrons. The summed E-state index contributed by atoms with van der Waals surface area (Å²) in [6, 6.07) is -0.381. The SMILES string of the molecule is CCCCC(N)C(=O)N1CCCCO1. The van der Waals surface area contributed by atoms with Crippen molar-refractivity contribution in [3.05, 3.63) is 0 Å². The van der Waals surface area contributed by atoms with E-state index in [1.807, 2.05) is 0 Å². The standard InChI is InChI=1S/C10H20N2O2/c1-2-3-6-9(11)10(13)12-7-4-5-8-14-12/h9H,2-8,11H2,1H3. The van der Waals surface area contributed by atoms with Crippen LogP contribution in [0.1, 0.15) is 39.0 Å². The van der Waals surface area contributed by atoms with Gasteiger partial charge in [-0.25, -0.2) is 5.06 Å². The van der Waals surface area contributed by atoms with E-state index in [0.717, 1.165) is 32.1 Å². The topological polar surface area (TPSA) is 55.6 Å². The normalized spacial score (nSPS) is 19.4. The molecule has 1 aliphatic heterocycles. The molecule has 0 saturated carbocycles. The highest BCUT2D eigenvalue weighted by Crippen LogP contribution is 2.09. The van der Waals surface area contributed by atoms with Crippen molar-refractivity contribution in [1.29, 1.82) is 0 Å². The molecule has 0 aromatic carbocycles. The van der Waals surface area contributed by atoms with Crippen LogP contribution in [0.15, 0.2) is 0 Å². The molecule has 1 atom stereocenters. The summed E-state index contributed by atoms with van der Waals surface area (Å²) in [4.78, 5) is 16.9. The Morgan fingerprint density at radius 3 is 2.93 bits per heavy atom. The van der Waals surface area contributed by atoms with Crippen molar-refractivity contribution >= 4 is 5.91 Å². The van der Waals surface area contributed by atoms with E-state index in [1.165, 1.54) is 5.06 Å². The molecule has 1 heterocycles. The first-order valence-electron chi connectivity index (χ1n) is 5.45. The van der Waals surface area contributed by atoms with Crippen LogP contribution in [-0.2, 0) is 9.63 Å². The first-order chi connectivity index (χ1) is 6.75. The fraction of sp³-hybridized carbons (Fsp3) is 0.900. The van der Waals surface area contributed by atoms with Crippen LogP contribution < -0.4 is 5.73 Å². The maximum absolute atomic E-state index is 11.7. The lowest BCUT2D eigenvalue weighted by Gasteiger charge is -2.28. The maximum Gasteiger partial charge on any atom is 0.263 e. The molecule has 14 heavy (non-hydrogen) atoms. The van der Waals surface area contributed by atoms with Gasteiger partial charge in [-0.05, 0) is 19.3 Å². The van der Waals surface area contributed by atoms with Crippen LogP contribution in [0.5, 0.6) is 0 Å². The number of nitrogens with zero attached hydrogens (tertiary/aromatic N) is 1. The van der Waals surface area contributed by atoms with Crippen LogP contribution >= 0.6 is 0 Å². The molecular weight excluding hydrogens is 180 g/mol. The highest BCUT2D eigenvalue weighted by Gasteiger charge is 2.22. The number of carbonyl (C=O) groups is 1. The zero-order valence-corrected chi connectivity index (χ0v) is 8.87. The summed E-state index contributed by atoms with van der Waals surface area (Å²) in [7, 11) is 0. The molecule has 1 rings (SSSR count). The third kappa shape index (κ3) is 3.27. The van der Waals surface area contributed by atoms with E-state index in [-0.39, 0.29) is 11.9 Å². The van der Waals surface area contributed by atoms with E-state index >= 15 is 0 Å². The number of amides is 1. The van der Waals surface area contributed by atoms with Gasteiger partial charge in [0.25, 0.3) is 5.91 Å². The van der Waals surface area contributed by atoms with E-state index in [4.69, 9.17) is 10.6 Å². The molecule has 0 radical (unpaired) electrons. The van der Waals surface area contributed by atoms with Gasteiger partial charge < -0.3 is 5.73 Å². The fourth-order valence-corrected chi connectivity index (χ4v) is 1.50. The number of carbonyl (C=O) groups excluding carboxylic acids is 1. The molecule has 2 N–H and O–H groups in total. The highest BCUT2D eigenvalue weighted by atomic mass is 16.7. The predicted octanol–water partition coefficient (Wildman–Crippen LogP) is 1.06. The Labute approximate surface area is 85.3 Å². The minimum absolute atomic E-state index is 0.0573. The van der Waals surface area contributed by atoms with Crippen molar-refractivity contribution < 1.29 is 9.63 Å². The lowest BCUT2D eigenvalue weighted by Crippen LogP contribution is -2.45. The average Bonchev–Trinajstić information content (AvgIpc) is 2.26. The Morgan fingerprint density at radius 2 is 2.36 bits per heavy atom. The third-order valence-electron chi connectivity index (χ3n) is 2.43. The van der Waals surface area contributed by atoms with Crippen molar-refractivity contribution in [2.45, 2.75) is 45.1 Å². The monoisotopic (exact) mass is 200 g/mol. The number of hydrogen-bond donors (Lipinski definition) is 1. The van der Waals surface area contributed by atoms with Crippen molar-refractivity contribution in [2.24, 2.45) is 5.73 Å². The zero-order valence-electron chi connectivity index (χ0n) is 8.87. The van der Waals surface area contributed by atoms with Crippen LogP contribution in [-0.4, -0.2) is 30.2 Å². The Morgan fingerprint density at radius 1 is 1.57 bits per heavy atom. The Bertz CT molecular complexity index is 179. The summed E-state index contributed by atoms with van der Waals surface area (Å²) >= 11 is 0. The molecule has 0 aliphatic carbocycles. The van der Waals surface area contributed by atoms with Gasteiger partial charge in [0, 0.05) is 6.54 Å². The summed E-state index contributed by atoms with van der Waals surface area (Å²) in [5.74, 6) is -0.0573. The zero-order chi connectivity index (χ0) is 10.4. The van der Waals surface area contributed by atoms with Crippen LogP contribution in [0.3, 0.4) is 0 Å². The van der Waals surface area contributed by atoms with Gasteiger partial charge >= 0.3 is 0 Å². The van der Waals surface area contributed by atoms with Gasteiger partial charge in [-0.1, -0.05) is 19.8 Å². The molecule has 1 amide bonds. The van der Waals surface area contributed by atoms with Crippen LogP contribution in [0, 0.1) is 0 Å². The van der Waals surface area contributed by atoms with Gasteiger partial charge in [0.2, 0.25) is 0 Å². The lowest BCUT2D eigenvalue weighted by molar-refractivity contribution is -0.198. The maximum atomic E-state index is 11.7. The predicted molar refractivity (Wildman–Crippen MR) is 54.4 cm³/mol. The van der Waals surface area contributed by atoms with Gasteiger partial charge in [0.05, 0.1) is 12.6 Å². The Balaban J connectivity index is 2.30. The summed E-state index contributed by atoms with van der Waals surface area (Å²) in [6.45, 7) is 3.43. The van der Waals surface area contributed by atoms with Gasteiger partial charge in [0.15, 0.2) is 0 Å². The summed E-state index contributed by atoms with van der Waals surface area (Å²) in [5, 5.41) is 1.43. The van der Waals surface area contributed by atoms with Crippen LogP contribution in [0.25, 0.3) is 0 Å². The Hall–Kier alpha value is -0.610. The highest BCUT2D eigenvalue weighted by molar-refractivity contribution is 5.80. The summed E-state index contributed by atoms with van der Waals surface area (Å²) in [5.41, 5.74) is 5.76. The van der Waals surface area contributed by atoms with E-state index in [0.29, 0.717) is 13.2 Å². The second-order valence-corrected chi connectivity index (χ2v) is 3.73. The van der Waals surface area contributed by atoms with E-state index < -0.39 is 0 Å². The number of unbranched alkanes of at least 4 members (excludes halogenated alkanes) is 1.